The summed E-state index contributed by atoms with van der Waals surface area (Å²) in [5, 5.41) is 0. The molecule has 2 aromatic carbocycles. The summed E-state index contributed by atoms with van der Waals surface area (Å²) in [4.78, 5) is 50.7. The number of esters is 1. The summed E-state index contributed by atoms with van der Waals surface area (Å²) in [5.74, 6) is -1.89. The van der Waals surface area contributed by atoms with E-state index in [9.17, 15) is 19.2 Å². The Morgan fingerprint density at radius 3 is 2.52 bits per heavy atom. The summed E-state index contributed by atoms with van der Waals surface area (Å²) in [6.07, 6.45) is -1.15. The van der Waals surface area contributed by atoms with Crippen molar-refractivity contribution in [3.8, 4) is 0 Å². The first-order chi connectivity index (χ1) is 14.0. The molecule has 9 heteroatoms. The van der Waals surface area contributed by atoms with Crippen molar-refractivity contribution < 1.29 is 23.9 Å². The van der Waals surface area contributed by atoms with E-state index in [0.717, 1.165) is 4.90 Å². The van der Waals surface area contributed by atoms with E-state index < -0.39 is 23.9 Å². The highest BCUT2D eigenvalue weighted by atomic mass is 32.2. The number of hydrogen-bond acceptors (Lipinski definition) is 6. The lowest BCUT2D eigenvalue weighted by Crippen LogP contribution is -2.47. The zero-order valence-electron chi connectivity index (χ0n) is 15.6. The van der Waals surface area contributed by atoms with E-state index >= 15 is 0 Å². The summed E-state index contributed by atoms with van der Waals surface area (Å²) in [6.45, 7) is 1.08. The number of carbonyl (C=O) groups is 4. The van der Waals surface area contributed by atoms with Gasteiger partial charge in [0.25, 0.3) is 11.8 Å². The number of rotatable bonds is 5. The van der Waals surface area contributed by atoms with Gasteiger partial charge in [-0.25, -0.2) is 0 Å². The predicted molar refractivity (Wildman–Crippen MR) is 107 cm³/mol. The van der Waals surface area contributed by atoms with Gasteiger partial charge in [-0.3, -0.25) is 34.9 Å². The lowest BCUT2D eigenvalue weighted by Gasteiger charge is -2.28. The third-order valence-electron chi connectivity index (χ3n) is 4.11. The van der Waals surface area contributed by atoms with Gasteiger partial charge in [0.2, 0.25) is 5.91 Å². The van der Waals surface area contributed by atoms with Crippen molar-refractivity contribution in [1.29, 1.82) is 0 Å². The van der Waals surface area contributed by atoms with Crippen molar-refractivity contribution in [2.75, 3.05) is 17.2 Å². The van der Waals surface area contributed by atoms with Crippen LogP contribution in [-0.2, 0) is 19.1 Å². The van der Waals surface area contributed by atoms with Crippen molar-refractivity contribution in [1.82, 2.24) is 10.9 Å². The predicted octanol–water partition coefficient (Wildman–Crippen LogP) is 1.52. The van der Waals surface area contributed by atoms with E-state index in [1.165, 1.54) is 23.6 Å². The Kier molecular flexibility index (Phi) is 6.50. The molecule has 0 aliphatic carbocycles. The van der Waals surface area contributed by atoms with Crippen LogP contribution in [0, 0.1) is 0 Å². The van der Waals surface area contributed by atoms with Gasteiger partial charge in [-0.05, 0) is 31.2 Å². The number of anilines is 1. The number of para-hydroxylation sites is 1. The SMILES string of the molecule is C[C@H](OC(=O)CN1C(=O)CSc2ccccc21)C(=O)NNC(=O)c1ccccc1. The van der Waals surface area contributed by atoms with Crippen LogP contribution in [0.4, 0.5) is 5.69 Å². The molecule has 3 amide bonds. The van der Waals surface area contributed by atoms with Gasteiger partial charge >= 0.3 is 5.97 Å². The van der Waals surface area contributed by atoms with E-state index in [0.29, 0.717) is 11.3 Å². The van der Waals surface area contributed by atoms with Crippen molar-refractivity contribution in [3.05, 3.63) is 60.2 Å². The number of carbonyl (C=O) groups excluding carboxylic acids is 4. The molecule has 0 saturated heterocycles. The third kappa shape index (κ3) is 5.14. The Morgan fingerprint density at radius 1 is 1.07 bits per heavy atom. The number of nitrogens with one attached hydrogen (secondary N) is 2. The first kappa shape index (κ1) is 20.4. The minimum atomic E-state index is -1.15. The van der Waals surface area contributed by atoms with Gasteiger partial charge < -0.3 is 4.74 Å². The maximum atomic E-state index is 12.3. The standard InChI is InChI=1S/C20H19N3O5S/c1-13(19(26)21-22-20(27)14-7-3-2-4-8-14)28-18(25)11-23-15-9-5-6-10-16(15)29-12-17(23)24/h2-10,13H,11-12H2,1H3,(H,21,26)(H,22,27)/t13-/m0/s1. The second-order valence-corrected chi connectivity index (χ2v) is 7.19. The lowest BCUT2D eigenvalue weighted by molar-refractivity contribution is -0.154. The Labute approximate surface area is 171 Å². The molecule has 0 bridgehead atoms. The highest BCUT2D eigenvalue weighted by Gasteiger charge is 2.28. The van der Waals surface area contributed by atoms with E-state index in [1.54, 1.807) is 42.5 Å². The van der Waals surface area contributed by atoms with Crippen LogP contribution < -0.4 is 15.8 Å². The summed E-state index contributed by atoms with van der Waals surface area (Å²) in [6, 6.07) is 15.6. The highest BCUT2D eigenvalue weighted by Crippen LogP contribution is 2.34. The molecule has 0 fully saturated rings. The summed E-state index contributed by atoms with van der Waals surface area (Å²) in [5.41, 5.74) is 5.48. The fourth-order valence-corrected chi connectivity index (χ4v) is 3.56. The minimum absolute atomic E-state index is 0.210. The summed E-state index contributed by atoms with van der Waals surface area (Å²) in [7, 11) is 0. The Bertz CT molecular complexity index is 935. The summed E-state index contributed by atoms with van der Waals surface area (Å²) >= 11 is 1.41. The van der Waals surface area contributed by atoms with Crippen LogP contribution in [0.15, 0.2) is 59.5 Å². The maximum absolute atomic E-state index is 12.3. The largest absolute Gasteiger partial charge is 0.451 e. The van der Waals surface area contributed by atoms with Gasteiger partial charge in [-0.2, -0.15) is 0 Å². The van der Waals surface area contributed by atoms with Gasteiger partial charge in [0.15, 0.2) is 6.10 Å². The van der Waals surface area contributed by atoms with Gasteiger partial charge in [-0.1, -0.05) is 30.3 Å². The van der Waals surface area contributed by atoms with Crippen molar-refractivity contribution in [2.24, 2.45) is 0 Å². The number of thioether (sulfide) groups is 1. The zero-order chi connectivity index (χ0) is 20.8. The van der Waals surface area contributed by atoms with Crippen molar-refractivity contribution in [3.63, 3.8) is 0 Å². The molecule has 1 aliphatic heterocycles. The molecule has 0 saturated carbocycles. The van der Waals surface area contributed by atoms with E-state index in [-0.39, 0.29) is 18.2 Å². The molecule has 2 aromatic rings. The maximum Gasteiger partial charge on any atom is 0.326 e. The Balaban J connectivity index is 1.52. The fraction of sp³-hybridized carbons (Fsp3) is 0.200. The van der Waals surface area contributed by atoms with Gasteiger partial charge in [0.05, 0.1) is 11.4 Å². The molecule has 0 spiro atoms. The number of fused-ring (bicyclic) bond motifs is 1. The number of hydrogen-bond donors (Lipinski definition) is 2. The van der Waals surface area contributed by atoms with Crippen LogP contribution in [-0.4, -0.2) is 42.1 Å². The molecule has 150 valence electrons. The Hall–Kier alpha value is -3.33. The molecular formula is C20H19N3O5S. The molecule has 2 N–H and O–H groups in total. The zero-order valence-corrected chi connectivity index (χ0v) is 16.4. The molecule has 29 heavy (non-hydrogen) atoms. The number of benzene rings is 2. The third-order valence-corrected chi connectivity index (χ3v) is 5.16. The average Bonchev–Trinajstić information content (AvgIpc) is 2.74. The smallest absolute Gasteiger partial charge is 0.326 e. The highest BCUT2D eigenvalue weighted by molar-refractivity contribution is 8.00. The van der Waals surface area contributed by atoms with E-state index in [2.05, 4.69) is 10.9 Å². The molecule has 8 nitrogen and oxygen atoms in total. The van der Waals surface area contributed by atoms with Crippen LogP contribution in [0.1, 0.15) is 17.3 Å². The monoisotopic (exact) mass is 413 g/mol. The molecule has 0 radical (unpaired) electrons. The summed E-state index contributed by atoms with van der Waals surface area (Å²) < 4.78 is 5.11. The van der Waals surface area contributed by atoms with E-state index in [4.69, 9.17) is 4.74 Å². The first-order valence-corrected chi connectivity index (χ1v) is 9.81. The number of nitrogens with zero attached hydrogens (tertiary/aromatic N) is 1. The number of ether oxygens (including phenoxy) is 1. The van der Waals surface area contributed by atoms with Gasteiger partial charge in [-0.15, -0.1) is 11.8 Å². The van der Waals surface area contributed by atoms with Crippen LogP contribution in [0.2, 0.25) is 0 Å². The molecule has 1 heterocycles. The quantitative estimate of drug-likeness (QED) is 0.569. The molecule has 1 aliphatic rings. The number of hydrazine groups is 1. The normalized spacial score (nSPS) is 13.8. The van der Waals surface area contributed by atoms with Crippen LogP contribution >= 0.6 is 11.8 Å². The van der Waals surface area contributed by atoms with E-state index in [1.807, 2.05) is 12.1 Å². The van der Waals surface area contributed by atoms with Crippen LogP contribution in [0.3, 0.4) is 0 Å². The van der Waals surface area contributed by atoms with Crippen LogP contribution in [0.5, 0.6) is 0 Å². The Morgan fingerprint density at radius 2 is 1.76 bits per heavy atom. The second-order valence-electron chi connectivity index (χ2n) is 6.18. The topological polar surface area (TPSA) is 105 Å². The van der Waals surface area contributed by atoms with Gasteiger partial charge in [0, 0.05) is 10.5 Å². The van der Waals surface area contributed by atoms with Gasteiger partial charge in [0.1, 0.15) is 6.54 Å². The average molecular weight is 413 g/mol. The van der Waals surface area contributed by atoms with Crippen molar-refractivity contribution >= 4 is 41.1 Å². The molecular weight excluding hydrogens is 394 g/mol. The molecule has 0 aromatic heterocycles. The van der Waals surface area contributed by atoms with Crippen molar-refractivity contribution in [2.45, 2.75) is 17.9 Å². The fourth-order valence-electron chi connectivity index (χ4n) is 2.63. The molecule has 0 unspecified atom stereocenters. The second kappa shape index (κ2) is 9.24. The minimum Gasteiger partial charge on any atom is -0.451 e. The molecule has 3 rings (SSSR count). The molecule has 1 atom stereocenters. The number of amides is 3. The first-order valence-electron chi connectivity index (χ1n) is 8.82. The van der Waals surface area contributed by atoms with Crippen LogP contribution in [0.25, 0.3) is 0 Å². The lowest BCUT2D eigenvalue weighted by atomic mass is 10.2.